The van der Waals surface area contributed by atoms with Crippen LogP contribution in [-0.4, -0.2) is 86.7 Å². The van der Waals surface area contributed by atoms with E-state index in [1.807, 2.05) is 14.1 Å². The Hall–Kier alpha value is -0.650. The molecule has 1 atom stereocenters. The third-order valence-corrected chi connectivity index (χ3v) is 6.37. The summed E-state index contributed by atoms with van der Waals surface area (Å²) in [4.78, 5) is 18.9. The third kappa shape index (κ3) is 3.72. The van der Waals surface area contributed by atoms with Crippen molar-refractivity contribution in [1.82, 2.24) is 14.7 Å². The number of likely N-dealkylation sites (tertiary alicyclic amines) is 2. The molecule has 132 valence electrons. The number of piperidine rings is 1. The zero-order chi connectivity index (χ0) is 16.4. The number of nitrogens with zero attached hydrogens (tertiary/aromatic N) is 3. The summed E-state index contributed by atoms with van der Waals surface area (Å²) in [5.74, 6) is 0.204. The van der Waals surface area contributed by atoms with E-state index < -0.39 is 0 Å². The lowest BCUT2D eigenvalue weighted by atomic mass is 9.75. The Labute approximate surface area is 140 Å². The van der Waals surface area contributed by atoms with Gasteiger partial charge in [-0.1, -0.05) is 6.42 Å². The standard InChI is InChI=1S/C18H33N3O2/c1-19(2)17(22)12-21-14-18(11-16(21)13-23-3)7-9-20(10-8-18)15-5-4-6-15/h15-16H,4-14H2,1-3H3/t16-/m1/s1. The summed E-state index contributed by atoms with van der Waals surface area (Å²) in [6, 6.07) is 1.27. The van der Waals surface area contributed by atoms with Crippen molar-refractivity contribution in [2.75, 3.05) is 54.0 Å². The average molecular weight is 323 g/mol. The van der Waals surface area contributed by atoms with Crippen LogP contribution in [0.25, 0.3) is 0 Å². The van der Waals surface area contributed by atoms with E-state index in [2.05, 4.69) is 9.80 Å². The van der Waals surface area contributed by atoms with E-state index in [0.29, 0.717) is 18.0 Å². The normalized spacial score (nSPS) is 28.9. The summed E-state index contributed by atoms with van der Waals surface area (Å²) in [7, 11) is 5.46. The minimum absolute atomic E-state index is 0.204. The molecule has 1 amide bonds. The van der Waals surface area contributed by atoms with Gasteiger partial charge in [-0.15, -0.1) is 0 Å². The number of ether oxygens (including phenoxy) is 1. The van der Waals surface area contributed by atoms with E-state index in [1.54, 1.807) is 12.0 Å². The van der Waals surface area contributed by atoms with Gasteiger partial charge in [-0.3, -0.25) is 9.69 Å². The first-order chi connectivity index (χ1) is 11.0. The largest absolute Gasteiger partial charge is 0.383 e. The molecular formula is C18H33N3O2. The molecule has 1 aliphatic carbocycles. The number of carbonyl (C=O) groups is 1. The fourth-order valence-electron chi connectivity index (χ4n) is 4.59. The van der Waals surface area contributed by atoms with Gasteiger partial charge < -0.3 is 14.5 Å². The van der Waals surface area contributed by atoms with Gasteiger partial charge in [-0.05, 0) is 50.6 Å². The van der Waals surface area contributed by atoms with Crippen molar-refractivity contribution in [3.05, 3.63) is 0 Å². The molecule has 3 fully saturated rings. The lowest BCUT2D eigenvalue weighted by Crippen LogP contribution is -2.48. The van der Waals surface area contributed by atoms with Crippen molar-refractivity contribution in [2.45, 2.75) is 50.6 Å². The molecule has 2 aliphatic heterocycles. The second-order valence-electron chi connectivity index (χ2n) is 8.13. The number of amides is 1. The van der Waals surface area contributed by atoms with E-state index in [1.165, 1.54) is 51.6 Å². The molecule has 0 radical (unpaired) electrons. The quantitative estimate of drug-likeness (QED) is 0.767. The Balaban J connectivity index is 1.59. The van der Waals surface area contributed by atoms with Crippen LogP contribution in [0.2, 0.25) is 0 Å². The maximum atomic E-state index is 12.1. The smallest absolute Gasteiger partial charge is 0.236 e. The fraction of sp³-hybridized carbons (Fsp3) is 0.944. The van der Waals surface area contributed by atoms with Crippen molar-refractivity contribution in [2.24, 2.45) is 5.41 Å². The highest BCUT2D eigenvalue weighted by Crippen LogP contribution is 2.44. The lowest BCUT2D eigenvalue weighted by Gasteiger charge is -2.45. The van der Waals surface area contributed by atoms with Gasteiger partial charge in [0.05, 0.1) is 13.2 Å². The highest BCUT2D eigenvalue weighted by atomic mass is 16.5. The highest BCUT2D eigenvalue weighted by Gasteiger charge is 2.46. The Kier molecular flexibility index (Phi) is 5.29. The second kappa shape index (κ2) is 7.08. The summed E-state index contributed by atoms with van der Waals surface area (Å²) < 4.78 is 5.44. The van der Waals surface area contributed by atoms with Crippen molar-refractivity contribution >= 4 is 5.91 Å². The van der Waals surface area contributed by atoms with Crippen molar-refractivity contribution in [3.8, 4) is 0 Å². The number of likely N-dealkylation sites (N-methyl/N-ethyl adjacent to an activating group) is 1. The zero-order valence-electron chi connectivity index (χ0n) is 15.1. The van der Waals surface area contributed by atoms with Crippen LogP contribution in [0, 0.1) is 5.41 Å². The molecule has 2 heterocycles. The molecule has 0 aromatic heterocycles. The summed E-state index contributed by atoms with van der Waals surface area (Å²) in [5, 5.41) is 0. The van der Waals surface area contributed by atoms with Crippen LogP contribution >= 0.6 is 0 Å². The fourth-order valence-corrected chi connectivity index (χ4v) is 4.59. The van der Waals surface area contributed by atoms with E-state index in [0.717, 1.165) is 19.2 Å². The van der Waals surface area contributed by atoms with Crippen LogP contribution < -0.4 is 0 Å². The molecule has 1 saturated carbocycles. The maximum absolute atomic E-state index is 12.1. The average Bonchev–Trinajstić information content (AvgIpc) is 2.78. The SMILES string of the molecule is COC[C@H]1CC2(CCN(C3CCC3)CC2)CN1CC(=O)N(C)C. The van der Waals surface area contributed by atoms with Gasteiger partial charge in [0.1, 0.15) is 0 Å². The van der Waals surface area contributed by atoms with E-state index >= 15 is 0 Å². The highest BCUT2D eigenvalue weighted by molar-refractivity contribution is 5.77. The summed E-state index contributed by atoms with van der Waals surface area (Å²) in [5.41, 5.74) is 0.413. The van der Waals surface area contributed by atoms with Gasteiger partial charge in [0.2, 0.25) is 5.91 Å². The van der Waals surface area contributed by atoms with Gasteiger partial charge in [0, 0.05) is 39.8 Å². The second-order valence-corrected chi connectivity index (χ2v) is 8.13. The van der Waals surface area contributed by atoms with Crippen LogP contribution in [0.5, 0.6) is 0 Å². The Morgan fingerprint density at radius 3 is 2.48 bits per heavy atom. The number of methoxy groups -OCH3 is 1. The minimum Gasteiger partial charge on any atom is -0.383 e. The summed E-state index contributed by atoms with van der Waals surface area (Å²) >= 11 is 0. The molecule has 0 N–H and O–H groups in total. The van der Waals surface area contributed by atoms with E-state index in [-0.39, 0.29) is 5.91 Å². The monoisotopic (exact) mass is 323 g/mol. The number of rotatable bonds is 5. The van der Waals surface area contributed by atoms with Gasteiger partial charge >= 0.3 is 0 Å². The van der Waals surface area contributed by atoms with Gasteiger partial charge in [0.15, 0.2) is 0 Å². The molecule has 0 aromatic rings. The molecule has 2 saturated heterocycles. The Morgan fingerprint density at radius 1 is 1.26 bits per heavy atom. The van der Waals surface area contributed by atoms with Crippen molar-refractivity contribution < 1.29 is 9.53 Å². The summed E-state index contributed by atoms with van der Waals surface area (Å²) in [6.45, 7) is 4.85. The maximum Gasteiger partial charge on any atom is 0.236 e. The van der Waals surface area contributed by atoms with Gasteiger partial charge in [-0.2, -0.15) is 0 Å². The third-order valence-electron chi connectivity index (χ3n) is 6.37. The predicted octanol–water partition coefficient (Wildman–Crippen LogP) is 1.43. The van der Waals surface area contributed by atoms with Crippen LogP contribution in [0.3, 0.4) is 0 Å². The molecular weight excluding hydrogens is 290 g/mol. The van der Waals surface area contributed by atoms with Crippen molar-refractivity contribution in [3.63, 3.8) is 0 Å². The molecule has 0 aromatic carbocycles. The van der Waals surface area contributed by atoms with Crippen LogP contribution in [0.1, 0.15) is 38.5 Å². The van der Waals surface area contributed by atoms with Gasteiger partial charge in [0.25, 0.3) is 0 Å². The summed E-state index contributed by atoms with van der Waals surface area (Å²) in [6.07, 6.45) is 8.00. The Bertz CT molecular complexity index is 414. The lowest BCUT2D eigenvalue weighted by molar-refractivity contribution is -0.130. The predicted molar refractivity (Wildman–Crippen MR) is 91.4 cm³/mol. The number of hydrogen-bond acceptors (Lipinski definition) is 4. The van der Waals surface area contributed by atoms with Crippen LogP contribution in [0.15, 0.2) is 0 Å². The molecule has 3 rings (SSSR count). The molecule has 5 heteroatoms. The molecule has 23 heavy (non-hydrogen) atoms. The first-order valence-electron chi connectivity index (χ1n) is 9.20. The number of hydrogen-bond donors (Lipinski definition) is 0. The molecule has 3 aliphatic rings. The van der Waals surface area contributed by atoms with Crippen LogP contribution in [0.4, 0.5) is 0 Å². The molecule has 1 spiro atoms. The minimum atomic E-state index is 0.204. The van der Waals surface area contributed by atoms with Crippen LogP contribution in [-0.2, 0) is 9.53 Å². The first kappa shape index (κ1) is 17.2. The molecule has 0 unspecified atom stereocenters. The van der Waals surface area contributed by atoms with E-state index in [9.17, 15) is 4.79 Å². The molecule has 0 bridgehead atoms. The Morgan fingerprint density at radius 2 is 1.96 bits per heavy atom. The van der Waals surface area contributed by atoms with Crippen molar-refractivity contribution in [1.29, 1.82) is 0 Å². The topological polar surface area (TPSA) is 36.0 Å². The zero-order valence-corrected chi connectivity index (χ0v) is 15.1. The molecule has 5 nitrogen and oxygen atoms in total. The first-order valence-corrected chi connectivity index (χ1v) is 9.20. The van der Waals surface area contributed by atoms with E-state index in [4.69, 9.17) is 4.74 Å². The number of carbonyl (C=O) groups excluding carboxylic acids is 1. The van der Waals surface area contributed by atoms with Gasteiger partial charge in [-0.25, -0.2) is 0 Å².